The molecule has 1 aliphatic rings. The first-order valence-electron chi connectivity index (χ1n) is 12.8. The van der Waals surface area contributed by atoms with Crippen LogP contribution in [0.3, 0.4) is 0 Å². The van der Waals surface area contributed by atoms with Crippen LogP contribution >= 0.6 is 0 Å². The number of carbonyl (C=O) groups is 2. The molecule has 0 atom stereocenters. The Kier molecular flexibility index (Phi) is 9.82. The van der Waals surface area contributed by atoms with Crippen LogP contribution < -0.4 is 25.2 Å². The fourth-order valence-corrected chi connectivity index (χ4v) is 4.30. The number of amides is 2. The zero-order chi connectivity index (χ0) is 25.2. The van der Waals surface area contributed by atoms with Crippen LogP contribution in [0.2, 0.25) is 0 Å². The van der Waals surface area contributed by atoms with E-state index in [0.717, 1.165) is 62.6 Å². The highest BCUT2D eigenvalue weighted by Gasteiger charge is 2.24. The van der Waals surface area contributed by atoms with E-state index in [9.17, 15) is 9.59 Å². The Bertz CT molecular complexity index is 984. The molecule has 7 heteroatoms. The van der Waals surface area contributed by atoms with Crippen LogP contribution in [0.25, 0.3) is 0 Å². The molecule has 0 radical (unpaired) electrons. The van der Waals surface area contributed by atoms with Gasteiger partial charge < -0.3 is 25.2 Å². The summed E-state index contributed by atoms with van der Waals surface area (Å²) in [6.07, 6.45) is 3.48. The topological polar surface area (TPSA) is 73.9 Å². The highest BCUT2D eigenvalue weighted by molar-refractivity contribution is 6.02. The first kappa shape index (κ1) is 26.4. The van der Waals surface area contributed by atoms with Gasteiger partial charge in [0.2, 0.25) is 5.91 Å². The van der Waals surface area contributed by atoms with Crippen LogP contribution in [0, 0.1) is 5.92 Å². The monoisotopic (exact) mass is 480 g/mol. The van der Waals surface area contributed by atoms with Crippen LogP contribution in [0.1, 0.15) is 56.8 Å². The third-order valence-corrected chi connectivity index (χ3v) is 6.25. The molecule has 1 heterocycles. The second kappa shape index (κ2) is 13.0. The summed E-state index contributed by atoms with van der Waals surface area (Å²) in [6.45, 7) is 10.1. The minimum Gasteiger partial charge on any atom is -0.495 e. The van der Waals surface area contributed by atoms with Gasteiger partial charge in [0.15, 0.2) is 0 Å². The van der Waals surface area contributed by atoms with Gasteiger partial charge in [-0.15, -0.1) is 0 Å². The molecule has 190 valence electrons. The predicted octanol–water partition coefficient (Wildman–Crippen LogP) is 4.93. The van der Waals surface area contributed by atoms with E-state index in [1.54, 1.807) is 7.11 Å². The molecule has 1 aliphatic heterocycles. The molecule has 1 saturated heterocycles. The van der Waals surface area contributed by atoms with Crippen molar-refractivity contribution in [2.24, 2.45) is 5.92 Å². The molecule has 2 amide bonds. The number of nitrogens with one attached hydrogen (secondary N) is 2. The van der Waals surface area contributed by atoms with Crippen molar-refractivity contribution in [2.75, 3.05) is 55.0 Å². The Morgan fingerprint density at radius 2 is 1.66 bits per heavy atom. The van der Waals surface area contributed by atoms with Crippen molar-refractivity contribution in [1.82, 2.24) is 5.32 Å². The van der Waals surface area contributed by atoms with Gasteiger partial charge in [0.05, 0.1) is 18.4 Å². The van der Waals surface area contributed by atoms with Crippen LogP contribution in [-0.4, -0.2) is 51.6 Å². The number of anilines is 3. The maximum atomic E-state index is 13.2. The normalized spacial score (nSPS) is 13.6. The molecule has 0 spiro atoms. The molecule has 2 aromatic rings. The van der Waals surface area contributed by atoms with Crippen molar-refractivity contribution >= 4 is 28.9 Å². The number of unbranched alkanes of at least 4 members (excludes halogenated alkanes) is 2. The van der Waals surface area contributed by atoms with Crippen LogP contribution in [0.4, 0.5) is 17.1 Å². The quantitative estimate of drug-likeness (QED) is 0.446. The van der Waals surface area contributed by atoms with Crippen molar-refractivity contribution in [1.29, 1.82) is 0 Å². The first-order chi connectivity index (χ1) is 16.9. The minimum absolute atomic E-state index is 0.00911. The fraction of sp³-hybridized carbons (Fsp3) is 0.500. The third kappa shape index (κ3) is 7.38. The number of hydrogen-bond acceptors (Lipinski definition) is 5. The largest absolute Gasteiger partial charge is 0.495 e. The molecule has 7 nitrogen and oxygen atoms in total. The number of benzene rings is 2. The summed E-state index contributed by atoms with van der Waals surface area (Å²) in [6, 6.07) is 13.7. The summed E-state index contributed by atoms with van der Waals surface area (Å²) in [5.41, 5.74) is 3.25. The molecular formula is C28H40N4O3. The Balaban J connectivity index is 1.76. The summed E-state index contributed by atoms with van der Waals surface area (Å²) < 4.78 is 5.54. The lowest BCUT2D eigenvalue weighted by Gasteiger charge is -2.38. The Labute approximate surface area is 209 Å². The summed E-state index contributed by atoms with van der Waals surface area (Å²) in [5.74, 6) is 1.11. The fourth-order valence-electron chi connectivity index (χ4n) is 4.30. The second-order valence-electron chi connectivity index (χ2n) is 9.49. The number of ether oxygens (including phenoxy) is 1. The summed E-state index contributed by atoms with van der Waals surface area (Å²) >= 11 is 0. The van der Waals surface area contributed by atoms with Gasteiger partial charge in [0.1, 0.15) is 5.75 Å². The van der Waals surface area contributed by atoms with E-state index >= 15 is 0 Å². The first-order valence-corrected chi connectivity index (χ1v) is 12.8. The number of carbonyl (C=O) groups excluding carboxylic acids is 2. The van der Waals surface area contributed by atoms with Crippen molar-refractivity contribution in [2.45, 2.75) is 46.5 Å². The molecule has 3 rings (SSSR count). The number of hydrogen-bond donors (Lipinski definition) is 2. The van der Waals surface area contributed by atoms with Gasteiger partial charge in [-0.05, 0) is 42.7 Å². The molecular weight excluding hydrogens is 440 g/mol. The van der Waals surface area contributed by atoms with E-state index < -0.39 is 0 Å². The lowest BCUT2D eigenvalue weighted by molar-refractivity contribution is -0.116. The van der Waals surface area contributed by atoms with Gasteiger partial charge in [-0.25, -0.2) is 0 Å². The molecule has 35 heavy (non-hydrogen) atoms. The molecule has 0 unspecified atom stereocenters. The van der Waals surface area contributed by atoms with Gasteiger partial charge in [-0.3, -0.25) is 9.59 Å². The van der Waals surface area contributed by atoms with E-state index in [4.69, 9.17) is 4.74 Å². The summed E-state index contributed by atoms with van der Waals surface area (Å²) in [4.78, 5) is 30.1. The molecule has 0 bridgehead atoms. The highest BCUT2D eigenvalue weighted by atomic mass is 16.5. The predicted molar refractivity (Wildman–Crippen MR) is 144 cm³/mol. The van der Waals surface area contributed by atoms with Gasteiger partial charge in [0.25, 0.3) is 5.91 Å². The van der Waals surface area contributed by atoms with Crippen molar-refractivity contribution in [3.63, 3.8) is 0 Å². The van der Waals surface area contributed by atoms with Gasteiger partial charge in [-0.1, -0.05) is 45.7 Å². The summed E-state index contributed by atoms with van der Waals surface area (Å²) in [7, 11) is 1.70. The minimum atomic E-state index is -0.108. The third-order valence-electron chi connectivity index (χ3n) is 6.25. The molecule has 0 aromatic heterocycles. The Morgan fingerprint density at radius 1 is 0.971 bits per heavy atom. The highest BCUT2D eigenvalue weighted by Crippen LogP contribution is 2.31. The van der Waals surface area contributed by atoms with Gasteiger partial charge in [0, 0.05) is 50.5 Å². The van der Waals surface area contributed by atoms with E-state index in [-0.39, 0.29) is 11.8 Å². The maximum absolute atomic E-state index is 13.2. The molecule has 2 aromatic carbocycles. The number of piperazine rings is 1. The lowest BCUT2D eigenvalue weighted by Crippen LogP contribution is -2.47. The van der Waals surface area contributed by atoms with Gasteiger partial charge in [-0.2, -0.15) is 0 Å². The molecule has 0 aliphatic carbocycles. The number of para-hydroxylation sites is 2. The Morgan fingerprint density at radius 3 is 2.31 bits per heavy atom. The van der Waals surface area contributed by atoms with Crippen molar-refractivity contribution in [3.05, 3.63) is 48.0 Å². The van der Waals surface area contributed by atoms with Crippen molar-refractivity contribution < 1.29 is 14.3 Å². The van der Waals surface area contributed by atoms with E-state index in [2.05, 4.69) is 47.3 Å². The number of methoxy groups -OCH3 is 1. The average molecular weight is 481 g/mol. The SMILES string of the molecule is CCCCCC(=O)Nc1ccc(N2CCN(c3ccccc3OC)CC2)c(C(=O)NCC(C)C)c1. The zero-order valence-corrected chi connectivity index (χ0v) is 21.6. The second-order valence-corrected chi connectivity index (χ2v) is 9.49. The summed E-state index contributed by atoms with van der Waals surface area (Å²) in [5, 5.41) is 6.02. The molecule has 0 saturated carbocycles. The lowest BCUT2D eigenvalue weighted by atomic mass is 10.1. The van der Waals surface area contributed by atoms with E-state index in [1.165, 1.54) is 0 Å². The number of nitrogens with zero attached hydrogens (tertiary/aromatic N) is 2. The van der Waals surface area contributed by atoms with Gasteiger partial charge >= 0.3 is 0 Å². The average Bonchev–Trinajstić information content (AvgIpc) is 2.87. The smallest absolute Gasteiger partial charge is 0.253 e. The van der Waals surface area contributed by atoms with Crippen molar-refractivity contribution in [3.8, 4) is 5.75 Å². The van der Waals surface area contributed by atoms with Crippen LogP contribution in [0.15, 0.2) is 42.5 Å². The van der Waals surface area contributed by atoms with Crippen LogP contribution in [0.5, 0.6) is 5.75 Å². The standard InChI is InChI=1S/C28H40N4O3/c1-5-6-7-12-27(33)30-22-13-14-24(23(19-22)28(34)29-20-21(2)3)31-15-17-32(18-16-31)25-10-8-9-11-26(25)35-4/h8-11,13-14,19,21H,5-7,12,15-18,20H2,1-4H3,(H,29,34)(H,30,33). The van der Waals surface area contributed by atoms with Crippen LogP contribution in [-0.2, 0) is 4.79 Å². The Hall–Kier alpha value is -3.22. The molecule has 1 fully saturated rings. The van der Waals surface area contributed by atoms with E-state index in [0.29, 0.717) is 30.1 Å². The van der Waals surface area contributed by atoms with E-state index in [1.807, 2.05) is 36.4 Å². The maximum Gasteiger partial charge on any atom is 0.253 e. The number of rotatable bonds is 11. The molecule has 2 N–H and O–H groups in total. The zero-order valence-electron chi connectivity index (χ0n) is 21.6.